The second-order valence-electron chi connectivity index (χ2n) is 9.69. The highest BCUT2D eigenvalue weighted by Gasteiger charge is 2.41. The van der Waals surface area contributed by atoms with Gasteiger partial charge < -0.3 is 12.3 Å². The maximum Gasteiger partial charge on any atom is 0.312 e. The zero-order chi connectivity index (χ0) is 22.5. The fraction of sp³-hybridized carbons (Fsp3) is 0.650. The first kappa shape index (κ1) is 26.4. The molecule has 1 atom stereocenters. The topological polar surface area (TPSA) is 57.1 Å². The van der Waals surface area contributed by atoms with Crippen LogP contribution in [0.2, 0.25) is 51.9 Å². The van der Waals surface area contributed by atoms with Crippen molar-refractivity contribution < 1.29 is 17.1 Å². The van der Waals surface area contributed by atoms with E-state index in [-0.39, 0.29) is 0 Å². The van der Waals surface area contributed by atoms with Crippen LogP contribution in [0.5, 0.6) is 0 Å². The molecule has 5 nitrogen and oxygen atoms in total. The van der Waals surface area contributed by atoms with Gasteiger partial charge in [0.2, 0.25) is 6.08 Å². The van der Waals surface area contributed by atoms with Gasteiger partial charge in [-0.3, -0.25) is 0 Å². The first-order chi connectivity index (χ1) is 13.1. The summed E-state index contributed by atoms with van der Waals surface area (Å²) >= 11 is 0. The molecule has 9 heteroatoms. The van der Waals surface area contributed by atoms with Crippen LogP contribution in [0.15, 0.2) is 29.3 Å². The number of isocyanates is 1. The van der Waals surface area contributed by atoms with E-state index in [1.165, 1.54) is 5.56 Å². The molecular weight excluding hydrogens is 431 g/mol. The molecule has 0 saturated carbocycles. The molecular formula is C20H39NO4Si4. The number of benzene rings is 1. The van der Waals surface area contributed by atoms with Crippen LogP contribution >= 0.6 is 0 Å². The monoisotopic (exact) mass is 469 g/mol. The van der Waals surface area contributed by atoms with Gasteiger partial charge >= 0.3 is 17.1 Å². The third-order valence-electron chi connectivity index (χ3n) is 4.79. The van der Waals surface area contributed by atoms with Gasteiger partial charge in [-0.2, -0.15) is 4.99 Å². The fourth-order valence-corrected chi connectivity index (χ4v) is 20.1. The van der Waals surface area contributed by atoms with Gasteiger partial charge in [-0.15, -0.1) is 0 Å². The molecule has 0 N–H and O–H groups in total. The van der Waals surface area contributed by atoms with E-state index in [0.717, 1.165) is 11.6 Å². The van der Waals surface area contributed by atoms with Crippen molar-refractivity contribution in [1.82, 2.24) is 0 Å². The number of carbonyl (C=O) groups excluding carboxylic acids is 1. The third-order valence-corrected chi connectivity index (χ3v) is 18.4. The molecule has 0 fully saturated rings. The van der Waals surface area contributed by atoms with Crippen molar-refractivity contribution in [1.29, 1.82) is 0 Å². The minimum absolute atomic E-state index is 0.349. The van der Waals surface area contributed by atoms with Crippen molar-refractivity contribution in [2.75, 3.05) is 0 Å². The molecule has 1 unspecified atom stereocenters. The largest absolute Gasteiger partial charge is 0.442 e. The minimum Gasteiger partial charge on any atom is -0.442 e. The van der Waals surface area contributed by atoms with Gasteiger partial charge in [0.1, 0.15) is 9.76 Å². The molecule has 0 aliphatic rings. The molecule has 0 saturated heterocycles. The van der Waals surface area contributed by atoms with Crippen LogP contribution in [0, 0.1) is 0 Å². The summed E-state index contributed by atoms with van der Waals surface area (Å²) in [5.74, 6) is 0.349. The Morgan fingerprint density at radius 3 is 2.28 bits per heavy atom. The van der Waals surface area contributed by atoms with Gasteiger partial charge in [-0.05, 0) is 76.2 Å². The molecule has 1 aromatic carbocycles. The molecule has 29 heavy (non-hydrogen) atoms. The van der Waals surface area contributed by atoms with Crippen molar-refractivity contribution in [3.63, 3.8) is 0 Å². The van der Waals surface area contributed by atoms with Crippen LogP contribution in [0.1, 0.15) is 37.8 Å². The molecule has 0 bridgehead atoms. The minimum atomic E-state index is -2.27. The van der Waals surface area contributed by atoms with Crippen molar-refractivity contribution in [2.45, 2.75) is 84.1 Å². The third kappa shape index (κ3) is 8.93. The average molecular weight is 470 g/mol. The Bertz CT molecular complexity index is 731. The van der Waals surface area contributed by atoms with Crippen molar-refractivity contribution >= 4 is 41.3 Å². The molecule has 0 aliphatic heterocycles. The quantitative estimate of drug-likeness (QED) is 0.255. The van der Waals surface area contributed by atoms with Gasteiger partial charge in [0, 0.05) is 0 Å². The van der Waals surface area contributed by atoms with Crippen LogP contribution in [0.4, 0.5) is 0 Å². The van der Waals surface area contributed by atoms with Crippen LogP contribution in [0.3, 0.4) is 0 Å². The van der Waals surface area contributed by atoms with Crippen LogP contribution in [-0.4, -0.2) is 41.3 Å². The first-order valence-electron chi connectivity index (χ1n) is 10.4. The summed E-state index contributed by atoms with van der Waals surface area (Å²) in [6.45, 7) is 21.3. The number of hydrogen-bond donors (Lipinski definition) is 0. The number of hydrogen-bond acceptors (Lipinski definition) is 5. The average Bonchev–Trinajstić information content (AvgIpc) is 2.51. The molecule has 0 amide bonds. The lowest BCUT2D eigenvalue weighted by atomic mass is 9.91. The van der Waals surface area contributed by atoms with Gasteiger partial charge in [-0.1, -0.05) is 37.7 Å². The van der Waals surface area contributed by atoms with Crippen molar-refractivity contribution in [2.24, 2.45) is 4.99 Å². The Morgan fingerprint density at radius 2 is 1.72 bits per heavy atom. The molecule has 0 radical (unpaired) electrons. The van der Waals surface area contributed by atoms with Gasteiger partial charge in [0.05, 0.1) is 5.54 Å². The summed E-state index contributed by atoms with van der Waals surface area (Å²) < 4.78 is 19.1. The van der Waals surface area contributed by atoms with Crippen LogP contribution in [0.25, 0.3) is 0 Å². The summed E-state index contributed by atoms with van der Waals surface area (Å²) in [6, 6.07) is 9.36. The van der Waals surface area contributed by atoms with Gasteiger partial charge in [0.25, 0.3) is 0 Å². The Labute approximate surface area is 182 Å². The number of aliphatic imine (C=N–C) groups is 1. The van der Waals surface area contributed by atoms with Gasteiger partial charge in [-0.25, -0.2) is 4.79 Å². The highest BCUT2D eigenvalue weighted by atomic mass is 28.5. The normalized spacial score (nSPS) is 14.8. The second-order valence-corrected chi connectivity index (χ2v) is 22.6. The molecule has 164 valence electrons. The molecule has 1 rings (SSSR count). The summed E-state index contributed by atoms with van der Waals surface area (Å²) in [6.07, 6.45) is 1.69. The summed E-state index contributed by atoms with van der Waals surface area (Å²) in [5.41, 5.74) is 1.70. The maximum absolute atomic E-state index is 10.8. The predicted molar refractivity (Wildman–Crippen MR) is 131 cm³/mol. The smallest absolute Gasteiger partial charge is 0.312 e. The lowest BCUT2D eigenvalue weighted by molar-refractivity contribution is 0.336. The molecule has 0 aromatic heterocycles. The van der Waals surface area contributed by atoms with Crippen LogP contribution < -0.4 is 0 Å². The van der Waals surface area contributed by atoms with E-state index >= 15 is 0 Å². The van der Waals surface area contributed by atoms with Crippen LogP contribution in [-0.2, 0) is 22.7 Å². The molecule has 0 spiro atoms. The van der Waals surface area contributed by atoms with Crippen molar-refractivity contribution in [3.8, 4) is 0 Å². The van der Waals surface area contributed by atoms with E-state index in [1.807, 2.05) is 26.0 Å². The highest BCUT2D eigenvalue weighted by molar-refractivity contribution is 6.87. The van der Waals surface area contributed by atoms with E-state index in [1.54, 1.807) is 6.08 Å². The fourth-order valence-electron chi connectivity index (χ4n) is 3.96. The SMILES string of the molecule is C[SiH2]O[Si](C)(C)O[Si](C)(C)O[Si](C)(C)CC(C)c1cccc(C(C)(C)N=C=O)c1. The maximum atomic E-state index is 10.8. The van der Waals surface area contributed by atoms with E-state index < -0.39 is 40.7 Å². The summed E-state index contributed by atoms with van der Waals surface area (Å²) in [7, 11) is -6.82. The molecule has 0 aliphatic carbocycles. The van der Waals surface area contributed by atoms with Gasteiger partial charge in [0.15, 0.2) is 8.32 Å². The standard InChI is InChI=1S/C20H39NO4Si4/c1-17(18-12-11-13-19(14-18)20(2,3)21-16-22)15-27(5,6)24-29(9,10)25-28(7,8)23-26-4/h11-14,17H,15,26H2,1-10H3. The highest BCUT2D eigenvalue weighted by Crippen LogP contribution is 2.33. The molecule has 1 aromatic rings. The molecule has 0 heterocycles. The predicted octanol–water partition coefficient (Wildman–Crippen LogP) is 5.15. The Morgan fingerprint density at radius 1 is 1.10 bits per heavy atom. The lowest BCUT2D eigenvalue weighted by Gasteiger charge is -2.39. The summed E-state index contributed by atoms with van der Waals surface area (Å²) in [4.78, 5) is 14.7. The Kier molecular flexibility index (Phi) is 9.19. The number of rotatable bonds is 11. The van der Waals surface area contributed by atoms with E-state index in [2.05, 4.69) is 69.9 Å². The lowest BCUT2D eigenvalue weighted by Crippen LogP contribution is -2.53. The zero-order valence-corrected chi connectivity index (χ0v) is 24.3. The first-order valence-corrected chi connectivity index (χ1v) is 21.1. The Hall–Kier alpha value is -0.652. The number of nitrogens with zero attached hydrogens (tertiary/aromatic N) is 1. The van der Waals surface area contributed by atoms with E-state index in [9.17, 15) is 4.79 Å². The van der Waals surface area contributed by atoms with E-state index in [0.29, 0.717) is 5.92 Å². The van der Waals surface area contributed by atoms with Crippen molar-refractivity contribution in [3.05, 3.63) is 35.4 Å². The second kappa shape index (κ2) is 10.1. The Balaban J connectivity index is 2.92. The summed E-state index contributed by atoms with van der Waals surface area (Å²) in [5, 5.41) is 0. The van der Waals surface area contributed by atoms with E-state index in [4.69, 9.17) is 12.3 Å². The zero-order valence-electron chi connectivity index (χ0n) is 19.9.